The van der Waals surface area contributed by atoms with E-state index in [2.05, 4.69) is 5.32 Å². The molecule has 0 unspecified atom stereocenters. The van der Waals surface area contributed by atoms with Crippen molar-refractivity contribution in [3.8, 4) is 0 Å². The molecule has 0 heterocycles. The molecule has 2 rings (SSSR count). The standard InChI is InChI=1S/C17H19NO2/c1-12-8-13(2)10-15(9-12)17(20)18-11-16(19)14-6-4-3-5-7-14/h3-10,16,19H,11H2,1-2H3,(H,18,20)/t16-/m1/s1. The summed E-state index contributed by atoms with van der Waals surface area (Å²) >= 11 is 0. The molecule has 0 aromatic heterocycles. The highest BCUT2D eigenvalue weighted by Crippen LogP contribution is 2.12. The van der Waals surface area contributed by atoms with Crippen LogP contribution in [-0.2, 0) is 0 Å². The summed E-state index contributed by atoms with van der Waals surface area (Å²) < 4.78 is 0. The van der Waals surface area contributed by atoms with Crippen molar-refractivity contribution in [1.29, 1.82) is 0 Å². The summed E-state index contributed by atoms with van der Waals surface area (Å²) in [6.07, 6.45) is -0.689. The van der Waals surface area contributed by atoms with Gasteiger partial charge >= 0.3 is 0 Å². The second-order valence-electron chi connectivity index (χ2n) is 5.01. The number of aliphatic hydroxyl groups is 1. The monoisotopic (exact) mass is 269 g/mol. The van der Waals surface area contributed by atoms with Gasteiger partial charge in [0.05, 0.1) is 6.10 Å². The van der Waals surface area contributed by atoms with Crippen LogP contribution in [0.15, 0.2) is 48.5 Å². The maximum Gasteiger partial charge on any atom is 0.251 e. The van der Waals surface area contributed by atoms with E-state index in [0.717, 1.165) is 16.7 Å². The van der Waals surface area contributed by atoms with Gasteiger partial charge in [0.15, 0.2) is 0 Å². The van der Waals surface area contributed by atoms with Gasteiger partial charge in [0.25, 0.3) is 5.91 Å². The van der Waals surface area contributed by atoms with Gasteiger partial charge in [-0.15, -0.1) is 0 Å². The number of benzene rings is 2. The minimum absolute atomic E-state index is 0.160. The number of nitrogens with one attached hydrogen (secondary N) is 1. The smallest absolute Gasteiger partial charge is 0.251 e. The molecule has 1 amide bonds. The Labute approximate surface area is 119 Å². The molecule has 0 fully saturated rings. The molecule has 0 saturated carbocycles. The third kappa shape index (κ3) is 3.68. The van der Waals surface area contributed by atoms with Crippen LogP contribution in [0.1, 0.15) is 33.2 Å². The maximum absolute atomic E-state index is 12.1. The maximum atomic E-state index is 12.1. The predicted molar refractivity (Wildman–Crippen MR) is 79.7 cm³/mol. The first-order valence-corrected chi connectivity index (χ1v) is 6.66. The van der Waals surface area contributed by atoms with Crippen LogP contribution < -0.4 is 5.32 Å². The summed E-state index contributed by atoms with van der Waals surface area (Å²) in [5, 5.41) is 12.8. The van der Waals surface area contributed by atoms with Crippen LogP contribution in [0.2, 0.25) is 0 Å². The summed E-state index contributed by atoms with van der Waals surface area (Å²) in [5.74, 6) is -0.160. The van der Waals surface area contributed by atoms with Crippen LogP contribution >= 0.6 is 0 Å². The summed E-state index contributed by atoms with van der Waals surface area (Å²) in [5.41, 5.74) is 3.54. The first kappa shape index (κ1) is 14.3. The van der Waals surface area contributed by atoms with E-state index in [0.29, 0.717) is 5.56 Å². The summed E-state index contributed by atoms with van der Waals surface area (Å²) in [7, 11) is 0. The number of hydrogen-bond acceptors (Lipinski definition) is 2. The average molecular weight is 269 g/mol. The largest absolute Gasteiger partial charge is 0.387 e. The Bertz CT molecular complexity index is 573. The highest BCUT2D eigenvalue weighted by atomic mass is 16.3. The molecule has 2 aromatic rings. The fraction of sp³-hybridized carbons (Fsp3) is 0.235. The zero-order valence-corrected chi connectivity index (χ0v) is 11.8. The molecule has 20 heavy (non-hydrogen) atoms. The lowest BCUT2D eigenvalue weighted by Crippen LogP contribution is -2.28. The Morgan fingerprint density at radius 1 is 1.10 bits per heavy atom. The normalized spacial score (nSPS) is 11.9. The summed E-state index contributed by atoms with van der Waals surface area (Å²) in [6.45, 7) is 4.13. The Hall–Kier alpha value is -2.13. The van der Waals surface area contributed by atoms with Crippen LogP contribution in [0.5, 0.6) is 0 Å². The first-order valence-electron chi connectivity index (χ1n) is 6.66. The minimum Gasteiger partial charge on any atom is -0.387 e. The van der Waals surface area contributed by atoms with Gasteiger partial charge < -0.3 is 10.4 Å². The topological polar surface area (TPSA) is 49.3 Å². The van der Waals surface area contributed by atoms with Crippen molar-refractivity contribution in [3.63, 3.8) is 0 Å². The lowest BCUT2D eigenvalue weighted by molar-refractivity contribution is 0.0916. The van der Waals surface area contributed by atoms with Crippen LogP contribution in [0.25, 0.3) is 0 Å². The zero-order valence-electron chi connectivity index (χ0n) is 11.8. The van der Waals surface area contributed by atoms with Gasteiger partial charge in [-0.25, -0.2) is 0 Å². The van der Waals surface area contributed by atoms with Gasteiger partial charge in [-0.05, 0) is 31.5 Å². The number of aryl methyl sites for hydroxylation is 2. The van der Waals surface area contributed by atoms with E-state index in [9.17, 15) is 9.90 Å². The van der Waals surface area contributed by atoms with Crippen LogP contribution in [-0.4, -0.2) is 17.6 Å². The molecule has 0 spiro atoms. The zero-order chi connectivity index (χ0) is 14.5. The van der Waals surface area contributed by atoms with E-state index in [1.54, 1.807) is 0 Å². The van der Waals surface area contributed by atoms with Crippen molar-refractivity contribution in [2.24, 2.45) is 0 Å². The first-order chi connectivity index (χ1) is 9.56. The lowest BCUT2D eigenvalue weighted by Gasteiger charge is -2.12. The fourth-order valence-corrected chi connectivity index (χ4v) is 2.19. The van der Waals surface area contributed by atoms with Crippen LogP contribution in [0.4, 0.5) is 0 Å². The highest BCUT2D eigenvalue weighted by molar-refractivity contribution is 5.94. The average Bonchev–Trinajstić information content (AvgIpc) is 2.44. The quantitative estimate of drug-likeness (QED) is 0.896. The minimum atomic E-state index is -0.689. The van der Waals surface area contributed by atoms with Gasteiger partial charge in [0.1, 0.15) is 0 Å². The Morgan fingerprint density at radius 2 is 1.70 bits per heavy atom. The summed E-state index contributed by atoms with van der Waals surface area (Å²) in [4.78, 5) is 12.1. The van der Waals surface area contributed by atoms with Crippen LogP contribution in [0, 0.1) is 13.8 Å². The SMILES string of the molecule is Cc1cc(C)cc(C(=O)NC[C@@H](O)c2ccccc2)c1. The van der Waals surface area contributed by atoms with E-state index in [-0.39, 0.29) is 12.5 Å². The van der Waals surface area contributed by atoms with Crippen molar-refractivity contribution >= 4 is 5.91 Å². The Morgan fingerprint density at radius 3 is 2.30 bits per heavy atom. The molecule has 0 bridgehead atoms. The van der Waals surface area contributed by atoms with E-state index in [4.69, 9.17) is 0 Å². The second-order valence-corrected chi connectivity index (χ2v) is 5.01. The third-order valence-corrected chi connectivity index (χ3v) is 3.12. The lowest BCUT2D eigenvalue weighted by atomic mass is 10.1. The molecule has 2 aromatic carbocycles. The van der Waals surface area contributed by atoms with E-state index >= 15 is 0 Å². The van der Waals surface area contributed by atoms with Crippen molar-refractivity contribution in [2.75, 3.05) is 6.54 Å². The molecule has 104 valence electrons. The second kappa shape index (κ2) is 6.35. The number of hydrogen-bond donors (Lipinski definition) is 2. The number of amides is 1. The third-order valence-electron chi connectivity index (χ3n) is 3.12. The Balaban J connectivity index is 1.98. The fourth-order valence-electron chi connectivity index (χ4n) is 2.19. The molecule has 1 atom stereocenters. The number of rotatable bonds is 4. The molecular weight excluding hydrogens is 250 g/mol. The molecule has 3 heteroatoms. The van der Waals surface area contributed by atoms with Crippen molar-refractivity contribution in [3.05, 3.63) is 70.8 Å². The van der Waals surface area contributed by atoms with Gasteiger partial charge in [-0.1, -0.05) is 47.5 Å². The van der Waals surface area contributed by atoms with Gasteiger partial charge in [0, 0.05) is 12.1 Å². The molecule has 2 N–H and O–H groups in total. The van der Waals surface area contributed by atoms with Crippen LogP contribution in [0.3, 0.4) is 0 Å². The van der Waals surface area contributed by atoms with Crippen molar-refractivity contribution in [2.45, 2.75) is 20.0 Å². The molecule has 0 aliphatic carbocycles. The van der Waals surface area contributed by atoms with E-state index < -0.39 is 6.10 Å². The summed E-state index contributed by atoms with van der Waals surface area (Å²) in [6, 6.07) is 15.0. The molecular formula is C17H19NO2. The highest BCUT2D eigenvalue weighted by Gasteiger charge is 2.11. The van der Waals surface area contributed by atoms with Crippen molar-refractivity contribution < 1.29 is 9.90 Å². The molecule has 3 nitrogen and oxygen atoms in total. The van der Waals surface area contributed by atoms with E-state index in [1.165, 1.54) is 0 Å². The van der Waals surface area contributed by atoms with Crippen molar-refractivity contribution in [1.82, 2.24) is 5.32 Å². The molecule has 0 radical (unpaired) electrons. The molecule has 0 saturated heterocycles. The number of aliphatic hydroxyl groups excluding tert-OH is 1. The molecule has 0 aliphatic rings. The van der Waals surface area contributed by atoms with Gasteiger partial charge in [0.2, 0.25) is 0 Å². The number of carbonyl (C=O) groups excluding carboxylic acids is 1. The number of carbonyl (C=O) groups is 1. The predicted octanol–water partition coefficient (Wildman–Crippen LogP) is 2.77. The Kier molecular flexibility index (Phi) is 4.53. The van der Waals surface area contributed by atoms with Gasteiger partial charge in [-0.2, -0.15) is 0 Å². The molecule has 0 aliphatic heterocycles. The van der Waals surface area contributed by atoms with E-state index in [1.807, 2.05) is 62.4 Å². The van der Waals surface area contributed by atoms with Gasteiger partial charge in [-0.3, -0.25) is 4.79 Å².